The number of nitro groups is 1. The van der Waals surface area contributed by atoms with Gasteiger partial charge >= 0.3 is 0 Å². The first kappa shape index (κ1) is 13.1. The molecule has 0 aliphatic rings. The largest absolute Gasteiger partial charge is 0.350 e. The van der Waals surface area contributed by atoms with Crippen LogP contribution in [0.5, 0.6) is 0 Å². The molecule has 0 aromatic heterocycles. The molecule has 0 unspecified atom stereocenters. The van der Waals surface area contributed by atoms with E-state index in [1.807, 2.05) is 12.1 Å². The molecule has 1 N–H and O–H groups in total. The van der Waals surface area contributed by atoms with Crippen LogP contribution in [0.4, 0.5) is 21.5 Å². The highest BCUT2D eigenvalue weighted by Crippen LogP contribution is 2.35. The van der Waals surface area contributed by atoms with E-state index >= 15 is 0 Å². The van der Waals surface area contributed by atoms with E-state index in [-0.39, 0.29) is 5.69 Å². The van der Waals surface area contributed by atoms with Crippen LogP contribution in [0.3, 0.4) is 0 Å². The van der Waals surface area contributed by atoms with E-state index in [2.05, 4.69) is 5.32 Å². The molecule has 0 atom stereocenters. The minimum Gasteiger partial charge on any atom is -0.350 e. The molecule has 0 bridgehead atoms. The van der Waals surface area contributed by atoms with Gasteiger partial charge in [0.05, 0.1) is 10.3 Å². The summed E-state index contributed by atoms with van der Waals surface area (Å²) in [7, 11) is 0. The van der Waals surface area contributed by atoms with Gasteiger partial charge in [0.25, 0.3) is 5.69 Å². The number of benzene rings is 3. The average Bonchev–Trinajstić information content (AvgIpc) is 2.46. The first-order chi connectivity index (χ1) is 10.1. The van der Waals surface area contributed by atoms with E-state index in [4.69, 9.17) is 0 Å². The highest BCUT2D eigenvalue weighted by molar-refractivity contribution is 5.97. The highest BCUT2D eigenvalue weighted by atomic mass is 19.1. The standard InChI is InChI=1S/C16H11FN2O2/c17-12-5-3-6-13(10-12)18-15-9-8-11-4-1-2-7-14(11)16(15)19(20)21/h1-10,18H. The minimum atomic E-state index is -0.427. The zero-order valence-corrected chi connectivity index (χ0v) is 10.9. The van der Waals surface area contributed by atoms with Crippen molar-refractivity contribution in [1.82, 2.24) is 0 Å². The Labute approximate surface area is 120 Å². The lowest BCUT2D eigenvalue weighted by Gasteiger charge is -2.09. The lowest BCUT2D eigenvalue weighted by Crippen LogP contribution is -1.98. The van der Waals surface area contributed by atoms with Crippen molar-refractivity contribution in [2.45, 2.75) is 0 Å². The van der Waals surface area contributed by atoms with Crippen molar-refractivity contribution >= 4 is 27.8 Å². The van der Waals surface area contributed by atoms with E-state index < -0.39 is 10.7 Å². The molecule has 0 fully saturated rings. The molecular formula is C16H11FN2O2. The molecule has 0 aliphatic heterocycles. The van der Waals surface area contributed by atoms with Crippen LogP contribution in [0, 0.1) is 15.9 Å². The van der Waals surface area contributed by atoms with Gasteiger partial charge in [-0.3, -0.25) is 10.1 Å². The predicted molar refractivity (Wildman–Crippen MR) is 80.3 cm³/mol. The second kappa shape index (κ2) is 5.20. The maximum absolute atomic E-state index is 13.2. The van der Waals surface area contributed by atoms with Crippen molar-refractivity contribution in [2.75, 3.05) is 5.32 Å². The van der Waals surface area contributed by atoms with Crippen LogP contribution in [-0.4, -0.2) is 4.92 Å². The van der Waals surface area contributed by atoms with Crippen LogP contribution in [0.25, 0.3) is 10.8 Å². The molecule has 0 radical (unpaired) electrons. The fourth-order valence-electron chi connectivity index (χ4n) is 2.27. The monoisotopic (exact) mass is 282 g/mol. The number of nitrogens with zero attached hydrogens (tertiary/aromatic N) is 1. The van der Waals surface area contributed by atoms with Crippen LogP contribution < -0.4 is 5.32 Å². The number of nitrogens with one attached hydrogen (secondary N) is 1. The molecular weight excluding hydrogens is 271 g/mol. The summed E-state index contributed by atoms with van der Waals surface area (Å²) in [6, 6.07) is 16.3. The first-order valence-electron chi connectivity index (χ1n) is 6.34. The summed E-state index contributed by atoms with van der Waals surface area (Å²) in [5.41, 5.74) is 0.787. The number of fused-ring (bicyclic) bond motifs is 1. The average molecular weight is 282 g/mol. The number of anilines is 2. The summed E-state index contributed by atoms with van der Waals surface area (Å²) in [5.74, 6) is -0.400. The third-order valence-electron chi connectivity index (χ3n) is 3.19. The van der Waals surface area contributed by atoms with Gasteiger partial charge in [0.15, 0.2) is 0 Å². The molecule has 21 heavy (non-hydrogen) atoms. The van der Waals surface area contributed by atoms with Crippen molar-refractivity contribution in [3.05, 3.63) is 76.6 Å². The molecule has 0 saturated carbocycles. The van der Waals surface area contributed by atoms with Crippen LogP contribution >= 0.6 is 0 Å². The topological polar surface area (TPSA) is 55.2 Å². The molecule has 3 aromatic carbocycles. The molecule has 104 valence electrons. The van der Waals surface area contributed by atoms with Crippen LogP contribution in [0.1, 0.15) is 0 Å². The lowest BCUT2D eigenvalue weighted by molar-refractivity contribution is -0.382. The summed E-state index contributed by atoms with van der Waals surface area (Å²) in [4.78, 5) is 11.0. The Balaban J connectivity index is 2.14. The maximum atomic E-state index is 13.2. The Kier molecular flexibility index (Phi) is 3.23. The third-order valence-corrected chi connectivity index (χ3v) is 3.19. The Bertz CT molecular complexity index is 833. The zero-order valence-electron chi connectivity index (χ0n) is 10.9. The van der Waals surface area contributed by atoms with Gasteiger partial charge in [-0.2, -0.15) is 0 Å². The van der Waals surface area contributed by atoms with E-state index in [1.165, 1.54) is 12.1 Å². The van der Waals surface area contributed by atoms with Crippen molar-refractivity contribution in [3.63, 3.8) is 0 Å². The molecule has 3 aromatic rings. The molecule has 0 aliphatic carbocycles. The Hall–Kier alpha value is -2.95. The van der Waals surface area contributed by atoms with Gasteiger partial charge < -0.3 is 5.32 Å². The van der Waals surface area contributed by atoms with Crippen molar-refractivity contribution in [2.24, 2.45) is 0 Å². The molecule has 4 nitrogen and oxygen atoms in total. The smallest absolute Gasteiger partial charge is 0.300 e. The summed E-state index contributed by atoms with van der Waals surface area (Å²) in [5, 5.41) is 15.6. The van der Waals surface area contributed by atoms with Gasteiger partial charge in [-0.1, -0.05) is 30.3 Å². The minimum absolute atomic E-state index is 0.0163. The first-order valence-corrected chi connectivity index (χ1v) is 6.34. The van der Waals surface area contributed by atoms with Crippen LogP contribution in [-0.2, 0) is 0 Å². The summed E-state index contributed by atoms with van der Waals surface area (Å²) in [6.45, 7) is 0. The van der Waals surface area contributed by atoms with Crippen molar-refractivity contribution < 1.29 is 9.31 Å². The van der Waals surface area contributed by atoms with Crippen molar-refractivity contribution in [1.29, 1.82) is 0 Å². The fraction of sp³-hybridized carbons (Fsp3) is 0. The molecule has 0 saturated heterocycles. The molecule has 0 heterocycles. The van der Waals surface area contributed by atoms with Crippen LogP contribution in [0.2, 0.25) is 0 Å². The second-order valence-corrected chi connectivity index (χ2v) is 4.58. The summed E-state index contributed by atoms with van der Waals surface area (Å²) in [6.07, 6.45) is 0. The van der Waals surface area contributed by atoms with Gasteiger partial charge in [-0.25, -0.2) is 4.39 Å². The predicted octanol–water partition coefficient (Wildman–Crippen LogP) is 4.63. The van der Waals surface area contributed by atoms with Gasteiger partial charge in [0.1, 0.15) is 11.5 Å². The van der Waals surface area contributed by atoms with Crippen LogP contribution in [0.15, 0.2) is 60.7 Å². The van der Waals surface area contributed by atoms with E-state index in [0.29, 0.717) is 16.8 Å². The van der Waals surface area contributed by atoms with E-state index in [9.17, 15) is 14.5 Å². The number of nitro benzene ring substituents is 1. The zero-order chi connectivity index (χ0) is 14.8. The summed E-state index contributed by atoms with van der Waals surface area (Å²) >= 11 is 0. The lowest BCUT2D eigenvalue weighted by atomic mass is 10.1. The second-order valence-electron chi connectivity index (χ2n) is 4.58. The number of hydrogen-bond donors (Lipinski definition) is 1. The van der Waals surface area contributed by atoms with Gasteiger partial charge in [0, 0.05) is 5.69 Å². The quantitative estimate of drug-likeness (QED) is 0.563. The van der Waals surface area contributed by atoms with Crippen molar-refractivity contribution in [3.8, 4) is 0 Å². The fourth-order valence-corrected chi connectivity index (χ4v) is 2.27. The summed E-state index contributed by atoms with van der Waals surface area (Å²) < 4.78 is 13.2. The van der Waals surface area contributed by atoms with E-state index in [0.717, 1.165) is 5.39 Å². The number of rotatable bonds is 3. The normalized spacial score (nSPS) is 10.5. The van der Waals surface area contributed by atoms with Gasteiger partial charge in [-0.05, 0) is 35.7 Å². The van der Waals surface area contributed by atoms with Gasteiger partial charge in [-0.15, -0.1) is 0 Å². The molecule has 0 amide bonds. The Morgan fingerprint density at radius 1 is 1.00 bits per heavy atom. The Morgan fingerprint density at radius 2 is 1.81 bits per heavy atom. The van der Waals surface area contributed by atoms with Gasteiger partial charge in [0.2, 0.25) is 0 Å². The maximum Gasteiger partial charge on any atom is 0.300 e. The van der Waals surface area contributed by atoms with E-state index in [1.54, 1.807) is 36.4 Å². The molecule has 5 heteroatoms. The number of halogens is 1. The highest BCUT2D eigenvalue weighted by Gasteiger charge is 2.18. The number of hydrogen-bond acceptors (Lipinski definition) is 3. The SMILES string of the molecule is O=[N+]([O-])c1c(Nc2cccc(F)c2)ccc2ccccc12. The third kappa shape index (κ3) is 2.53. The Morgan fingerprint density at radius 3 is 2.57 bits per heavy atom. The molecule has 0 spiro atoms. The molecule has 3 rings (SSSR count).